The fourth-order valence-electron chi connectivity index (χ4n) is 2.20. The summed E-state index contributed by atoms with van der Waals surface area (Å²) >= 11 is 5.16. The van der Waals surface area contributed by atoms with Crippen LogP contribution in [-0.2, 0) is 0 Å². The third kappa shape index (κ3) is 2.80. The summed E-state index contributed by atoms with van der Waals surface area (Å²) in [4.78, 5) is 12.5. The molecule has 0 amide bonds. The Labute approximate surface area is 125 Å². The standard InChI is InChI=1S/C13H15BrN4S/c1-9-5-15-2-3-18(9)13-16-6-10(7-17-13)12-4-11(14)8-19-12/h4,6-9,15H,2-3,5H2,1H3. The van der Waals surface area contributed by atoms with Gasteiger partial charge in [-0.3, -0.25) is 0 Å². The Morgan fingerprint density at radius 3 is 2.84 bits per heavy atom. The van der Waals surface area contributed by atoms with Crippen molar-refractivity contribution in [3.8, 4) is 10.4 Å². The third-order valence-corrected chi connectivity index (χ3v) is 4.99. The molecule has 0 bridgehead atoms. The number of nitrogens with one attached hydrogen (secondary N) is 1. The van der Waals surface area contributed by atoms with Gasteiger partial charge in [0.1, 0.15) is 0 Å². The van der Waals surface area contributed by atoms with E-state index in [9.17, 15) is 0 Å². The van der Waals surface area contributed by atoms with E-state index in [4.69, 9.17) is 0 Å². The van der Waals surface area contributed by atoms with E-state index in [1.807, 2.05) is 12.4 Å². The average Bonchev–Trinajstić information content (AvgIpc) is 2.86. The topological polar surface area (TPSA) is 41.0 Å². The Morgan fingerprint density at radius 2 is 2.21 bits per heavy atom. The highest BCUT2D eigenvalue weighted by atomic mass is 79.9. The summed E-state index contributed by atoms with van der Waals surface area (Å²) in [5.41, 5.74) is 1.07. The molecule has 0 aromatic carbocycles. The number of piperazine rings is 1. The largest absolute Gasteiger partial charge is 0.336 e. The molecule has 0 radical (unpaired) electrons. The lowest BCUT2D eigenvalue weighted by molar-refractivity contribution is 0.493. The average molecular weight is 339 g/mol. The van der Waals surface area contributed by atoms with E-state index >= 15 is 0 Å². The van der Waals surface area contributed by atoms with Crippen LogP contribution in [0.5, 0.6) is 0 Å². The molecule has 3 rings (SSSR count). The molecule has 0 spiro atoms. The van der Waals surface area contributed by atoms with Crippen molar-refractivity contribution in [3.63, 3.8) is 0 Å². The van der Waals surface area contributed by atoms with Crippen LogP contribution in [0.4, 0.5) is 5.95 Å². The van der Waals surface area contributed by atoms with E-state index in [-0.39, 0.29) is 0 Å². The maximum atomic E-state index is 4.52. The molecule has 1 fully saturated rings. The van der Waals surface area contributed by atoms with Gasteiger partial charge < -0.3 is 10.2 Å². The second-order valence-corrected chi connectivity index (χ2v) is 6.47. The van der Waals surface area contributed by atoms with Crippen LogP contribution in [0.1, 0.15) is 6.92 Å². The Morgan fingerprint density at radius 1 is 1.42 bits per heavy atom. The van der Waals surface area contributed by atoms with Crippen molar-refractivity contribution in [3.05, 3.63) is 28.3 Å². The van der Waals surface area contributed by atoms with Gasteiger partial charge in [-0.1, -0.05) is 0 Å². The minimum atomic E-state index is 0.440. The molecule has 1 N–H and O–H groups in total. The molecule has 3 heterocycles. The predicted octanol–water partition coefficient (Wildman–Crippen LogP) is 2.77. The Bertz CT molecular complexity index is 554. The molecule has 19 heavy (non-hydrogen) atoms. The van der Waals surface area contributed by atoms with Crippen molar-refractivity contribution in [2.24, 2.45) is 0 Å². The lowest BCUT2D eigenvalue weighted by Gasteiger charge is -2.33. The van der Waals surface area contributed by atoms with Gasteiger partial charge in [-0.25, -0.2) is 9.97 Å². The zero-order chi connectivity index (χ0) is 13.2. The summed E-state index contributed by atoms with van der Waals surface area (Å²) in [7, 11) is 0. The van der Waals surface area contributed by atoms with Gasteiger partial charge in [0.2, 0.25) is 5.95 Å². The molecule has 1 aliphatic rings. The highest BCUT2D eigenvalue weighted by molar-refractivity contribution is 9.10. The fraction of sp³-hybridized carbons (Fsp3) is 0.385. The van der Waals surface area contributed by atoms with E-state index in [1.54, 1.807) is 11.3 Å². The van der Waals surface area contributed by atoms with Gasteiger partial charge in [-0.15, -0.1) is 11.3 Å². The molecule has 4 nitrogen and oxygen atoms in total. The summed E-state index contributed by atoms with van der Waals surface area (Å²) in [6.45, 7) is 5.14. The molecule has 1 atom stereocenters. The van der Waals surface area contributed by atoms with Crippen LogP contribution in [0.2, 0.25) is 0 Å². The maximum Gasteiger partial charge on any atom is 0.225 e. The predicted molar refractivity (Wildman–Crippen MR) is 82.7 cm³/mol. The van der Waals surface area contributed by atoms with Crippen LogP contribution in [-0.4, -0.2) is 35.6 Å². The summed E-state index contributed by atoms with van der Waals surface area (Å²) in [6.07, 6.45) is 3.82. The molecule has 1 saturated heterocycles. The van der Waals surface area contributed by atoms with E-state index in [1.165, 1.54) is 4.88 Å². The zero-order valence-electron chi connectivity index (χ0n) is 10.6. The van der Waals surface area contributed by atoms with Gasteiger partial charge in [0.05, 0.1) is 0 Å². The maximum absolute atomic E-state index is 4.52. The highest BCUT2D eigenvalue weighted by Gasteiger charge is 2.20. The molecule has 6 heteroatoms. The Kier molecular flexibility index (Phi) is 3.81. The molecule has 100 valence electrons. The first-order chi connectivity index (χ1) is 9.24. The summed E-state index contributed by atoms with van der Waals surface area (Å²) < 4.78 is 1.10. The first kappa shape index (κ1) is 13.0. The van der Waals surface area contributed by atoms with Crippen molar-refractivity contribution < 1.29 is 0 Å². The fourth-order valence-corrected chi connectivity index (χ4v) is 3.60. The minimum Gasteiger partial charge on any atom is -0.336 e. The Hall–Kier alpha value is -0.980. The van der Waals surface area contributed by atoms with E-state index < -0.39 is 0 Å². The highest BCUT2D eigenvalue weighted by Crippen LogP contribution is 2.29. The van der Waals surface area contributed by atoms with Crippen molar-refractivity contribution in [1.29, 1.82) is 0 Å². The third-order valence-electron chi connectivity index (χ3n) is 3.25. The van der Waals surface area contributed by atoms with Gasteiger partial charge in [-0.05, 0) is 28.9 Å². The first-order valence-corrected chi connectivity index (χ1v) is 7.95. The van der Waals surface area contributed by atoms with E-state index in [0.29, 0.717) is 6.04 Å². The molecular weight excluding hydrogens is 324 g/mol. The number of rotatable bonds is 2. The summed E-state index contributed by atoms with van der Waals surface area (Å²) in [5.74, 6) is 0.827. The van der Waals surface area contributed by atoms with Crippen LogP contribution in [0.15, 0.2) is 28.3 Å². The zero-order valence-corrected chi connectivity index (χ0v) is 13.0. The second-order valence-electron chi connectivity index (χ2n) is 4.65. The van der Waals surface area contributed by atoms with Crippen molar-refractivity contribution >= 4 is 33.2 Å². The quantitative estimate of drug-likeness (QED) is 0.914. The van der Waals surface area contributed by atoms with Crippen molar-refractivity contribution in [2.75, 3.05) is 24.5 Å². The van der Waals surface area contributed by atoms with Crippen LogP contribution >= 0.6 is 27.3 Å². The lowest BCUT2D eigenvalue weighted by atomic mass is 10.2. The van der Waals surface area contributed by atoms with Gasteiger partial charge in [0, 0.05) is 58.4 Å². The van der Waals surface area contributed by atoms with Gasteiger partial charge in [-0.2, -0.15) is 0 Å². The summed E-state index contributed by atoms with van der Waals surface area (Å²) in [5, 5.41) is 5.44. The Balaban J connectivity index is 1.82. The number of aromatic nitrogens is 2. The van der Waals surface area contributed by atoms with Gasteiger partial charge in [0.25, 0.3) is 0 Å². The SMILES string of the molecule is CC1CNCCN1c1ncc(-c2cc(Br)cs2)cn1. The van der Waals surface area contributed by atoms with Crippen LogP contribution in [0, 0.1) is 0 Å². The molecule has 2 aromatic heterocycles. The molecule has 0 saturated carbocycles. The number of nitrogens with zero attached hydrogens (tertiary/aromatic N) is 3. The van der Waals surface area contributed by atoms with Gasteiger partial charge in [0.15, 0.2) is 0 Å². The molecule has 1 unspecified atom stereocenters. The lowest BCUT2D eigenvalue weighted by Crippen LogP contribution is -2.50. The number of thiophene rings is 1. The number of halogens is 1. The van der Waals surface area contributed by atoms with Crippen molar-refractivity contribution in [2.45, 2.75) is 13.0 Å². The summed E-state index contributed by atoms with van der Waals surface area (Å²) in [6, 6.07) is 2.53. The van der Waals surface area contributed by atoms with E-state index in [0.717, 1.165) is 35.6 Å². The minimum absolute atomic E-state index is 0.440. The van der Waals surface area contributed by atoms with Crippen LogP contribution in [0.3, 0.4) is 0 Å². The normalized spacial score (nSPS) is 19.7. The number of hydrogen-bond acceptors (Lipinski definition) is 5. The second kappa shape index (κ2) is 5.56. The first-order valence-electron chi connectivity index (χ1n) is 6.28. The molecule has 2 aromatic rings. The van der Waals surface area contributed by atoms with Gasteiger partial charge >= 0.3 is 0 Å². The van der Waals surface area contributed by atoms with Crippen LogP contribution < -0.4 is 10.2 Å². The molecule has 1 aliphatic heterocycles. The van der Waals surface area contributed by atoms with Crippen molar-refractivity contribution in [1.82, 2.24) is 15.3 Å². The number of anilines is 1. The van der Waals surface area contributed by atoms with Crippen LogP contribution in [0.25, 0.3) is 10.4 Å². The molecule has 0 aliphatic carbocycles. The number of hydrogen-bond donors (Lipinski definition) is 1. The monoisotopic (exact) mass is 338 g/mol. The van der Waals surface area contributed by atoms with E-state index in [2.05, 4.69) is 54.5 Å². The molecular formula is C13H15BrN4S. The smallest absolute Gasteiger partial charge is 0.225 e.